The summed E-state index contributed by atoms with van der Waals surface area (Å²) >= 11 is 0. The van der Waals surface area contributed by atoms with Crippen LogP contribution in [0.3, 0.4) is 0 Å². The van der Waals surface area contributed by atoms with Gasteiger partial charge in [-0.05, 0) is 50.5 Å². The molecule has 0 aliphatic heterocycles. The van der Waals surface area contributed by atoms with Crippen LogP contribution in [-0.4, -0.2) is 12.6 Å². The third-order valence-corrected chi connectivity index (χ3v) is 2.89. The minimum atomic E-state index is 0.912. The largest absolute Gasteiger partial charge is 0.313 e. The minimum absolute atomic E-state index is 0.912. The van der Waals surface area contributed by atoms with E-state index in [1.165, 1.54) is 38.6 Å². The number of hydrogen-bond acceptors (Lipinski definition) is 1. The van der Waals surface area contributed by atoms with Gasteiger partial charge in [-0.2, -0.15) is 0 Å². The molecule has 0 saturated heterocycles. The van der Waals surface area contributed by atoms with Gasteiger partial charge >= 0.3 is 0 Å². The lowest BCUT2D eigenvalue weighted by Crippen LogP contribution is -2.33. The molecule has 0 aromatic rings. The molecule has 2 rings (SSSR count). The van der Waals surface area contributed by atoms with Crippen molar-refractivity contribution in [3.05, 3.63) is 0 Å². The van der Waals surface area contributed by atoms with E-state index in [4.69, 9.17) is 0 Å². The average molecular weight is 153 g/mol. The number of nitrogens with one attached hydrogen (secondary N) is 1. The Morgan fingerprint density at radius 2 is 1.73 bits per heavy atom. The summed E-state index contributed by atoms with van der Waals surface area (Å²) in [6.07, 6.45) is 7.28. The van der Waals surface area contributed by atoms with Gasteiger partial charge in [0.25, 0.3) is 0 Å². The maximum Gasteiger partial charge on any atom is 0.0124 e. The topological polar surface area (TPSA) is 12.0 Å². The van der Waals surface area contributed by atoms with Crippen molar-refractivity contribution in [3.63, 3.8) is 0 Å². The second-order valence-electron chi connectivity index (χ2n) is 4.15. The normalized spacial score (nSPS) is 24.5. The summed E-state index contributed by atoms with van der Waals surface area (Å²) in [6, 6.07) is 0.912. The molecule has 1 nitrogen and oxygen atoms in total. The molecule has 0 heterocycles. The van der Waals surface area contributed by atoms with Gasteiger partial charge in [0.1, 0.15) is 0 Å². The molecule has 2 aliphatic rings. The monoisotopic (exact) mass is 153 g/mol. The van der Waals surface area contributed by atoms with Gasteiger partial charge in [0.2, 0.25) is 0 Å². The van der Waals surface area contributed by atoms with E-state index in [0.29, 0.717) is 0 Å². The Labute approximate surface area is 69.6 Å². The third-order valence-electron chi connectivity index (χ3n) is 2.89. The van der Waals surface area contributed by atoms with Crippen LogP contribution >= 0.6 is 0 Å². The van der Waals surface area contributed by atoms with Gasteiger partial charge in [-0.15, -0.1) is 0 Å². The first-order valence-corrected chi connectivity index (χ1v) is 5.15. The summed E-state index contributed by atoms with van der Waals surface area (Å²) in [4.78, 5) is 0. The van der Waals surface area contributed by atoms with Gasteiger partial charge in [0.05, 0.1) is 0 Å². The van der Waals surface area contributed by atoms with Crippen LogP contribution in [0.4, 0.5) is 0 Å². The van der Waals surface area contributed by atoms with Gasteiger partial charge in [0, 0.05) is 6.04 Å². The highest BCUT2D eigenvalue weighted by atomic mass is 14.9. The number of hydrogen-bond donors (Lipinski definition) is 1. The Kier molecular flexibility index (Phi) is 2.17. The lowest BCUT2D eigenvalue weighted by atomic mass is 10.1. The molecule has 1 heteroatoms. The zero-order chi connectivity index (χ0) is 7.68. The molecule has 0 atom stereocenters. The molecular weight excluding hydrogens is 134 g/mol. The molecule has 1 N–H and O–H groups in total. The van der Waals surface area contributed by atoms with Crippen molar-refractivity contribution in [2.45, 2.75) is 45.1 Å². The standard InChI is InChI=1S/C10H19N/c1-2-7-11-10(8-3-4-8)9-5-6-9/h8-11H,2-7H2,1H3. The molecule has 0 radical (unpaired) electrons. The van der Waals surface area contributed by atoms with Crippen LogP contribution in [0.1, 0.15) is 39.0 Å². The minimum Gasteiger partial charge on any atom is -0.313 e. The molecule has 2 aliphatic carbocycles. The lowest BCUT2D eigenvalue weighted by Gasteiger charge is -2.16. The van der Waals surface area contributed by atoms with E-state index in [1.54, 1.807) is 0 Å². The first kappa shape index (κ1) is 7.60. The summed E-state index contributed by atoms with van der Waals surface area (Å²) < 4.78 is 0. The van der Waals surface area contributed by atoms with Gasteiger partial charge < -0.3 is 5.32 Å². The van der Waals surface area contributed by atoms with Crippen molar-refractivity contribution in [1.82, 2.24) is 5.32 Å². The van der Waals surface area contributed by atoms with E-state index in [-0.39, 0.29) is 0 Å². The van der Waals surface area contributed by atoms with Gasteiger partial charge in [0.15, 0.2) is 0 Å². The van der Waals surface area contributed by atoms with Crippen LogP contribution in [0.2, 0.25) is 0 Å². The van der Waals surface area contributed by atoms with Crippen molar-refractivity contribution in [2.24, 2.45) is 11.8 Å². The second-order valence-corrected chi connectivity index (χ2v) is 4.15. The van der Waals surface area contributed by atoms with Crippen molar-refractivity contribution in [2.75, 3.05) is 6.54 Å². The van der Waals surface area contributed by atoms with E-state index in [9.17, 15) is 0 Å². The van der Waals surface area contributed by atoms with E-state index in [1.807, 2.05) is 0 Å². The fourth-order valence-electron chi connectivity index (χ4n) is 1.94. The predicted molar refractivity (Wildman–Crippen MR) is 47.5 cm³/mol. The highest BCUT2D eigenvalue weighted by Crippen LogP contribution is 2.44. The zero-order valence-corrected chi connectivity index (χ0v) is 7.47. The van der Waals surface area contributed by atoms with E-state index >= 15 is 0 Å². The van der Waals surface area contributed by atoms with E-state index < -0.39 is 0 Å². The molecule has 64 valence electrons. The smallest absolute Gasteiger partial charge is 0.0124 e. The first-order chi connectivity index (χ1) is 5.42. The summed E-state index contributed by atoms with van der Waals surface area (Å²) in [7, 11) is 0. The van der Waals surface area contributed by atoms with Crippen LogP contribution in [0.25, 0.3) is 0 Å². The molecular formula is C10H19N. The van der Waals surface area contributed by atoms with Crippen molar-refractivity contribution >= 4 is 0 Å². The second kappa shape index (κ2) is 3.14. The predicted octanol–water partition coefficient (Wildman–Crippen LogP) is 2.17. The fourth-order valence-corrected chi connectivity index (χ4v) is 1.94. The molecule has 0 unspecified atom stereocenters. The Balaban J connectivity index is 1.73. The lowest BCUT2D eigenvalue weighted by molar-refractivity contribution is 0.418. The van der Waals surface area contributed by atoms with Crippen molar-refractivity contribution in [1.29, 1.82) is 0 Å². The molecule has 0 aromatic carbocycles. The Morgan fingerprint density at radius 1 is 1.18 bits per heavy atom. The molecule has 11 heavy (non-hydrogen) atoms. The Hall–Kier alpha value is -0.0400. The molecule has 0 bridgehead atoms. The van der Waals surface area contributed by atoms with Crippen LogP contribution in [0.5, 0.6) is 0 Å². The van der Waals surface area contributed by atoms with Crippen LogP contribution in [-0.2, 0) is 0 Å². The maximum absolute atomic E-state index is 3.69. The Morgan fingerprint density at radius 3 is 2.09 bits per heavy atom. The highest BCUT2D eigenvalue weighted by Gasteiger charge is 2.40. The summed E-state index contributed by atoms with van der Waals surface area (Å²) in [5.74, 6) is 2.13. The molecule has 2 fully saturated rings. The van der Waals surface area contributed by atoms with Crippen LogP contribution < -0.4 is 5.32 Å². The maximum atomic E-state index is 3.69. The van der Waals surface area contributed by atoms with Gasteiger partial charge in [-0.1, -0.05) is 6.92 Å². The fraction of sp³-hybridized carbons (Fsp3) is 1.00. The SMILES string of the molecule is CCCNC(C1CC1)C1CC1. The van der Waals surface area contributed by atoms with Gasteiger partial charge in [-0.25, -0.2) is 0 Å². The zero-order valence-electron chi connectivity index (χ0n) is 7.47. The van der Waals surface area contributed by atoms with E-state index in [0.717, 1.165) is 17.9 Å². The van der Waals surface area contributed by atoms with Crippen molar-refractivity contribution in [3.8, 4) is 0 Å². The summed E-state index contributed by atoms with van der Waals surface area (Å²) in [5, 5.41) is 3.69. The molecule has 0 aromatic heterocycles. The highest BCUT2D eigenvalue weighted by molar-refractivity contribution is 4.96. The summed E-state index contributed by atoms with van der Waals surface area (Å²) in [5.41, 5.74) is 0. The van der Waals surface area contributed by atoms with Crippen LogP contribution in [0.15, 0.2) is 0 Å². The first-order valence-electron chi connectivity index (χ1n) is 5.15. The summed E-state index contributed by atoms with van der Waals surface area (Å²) in [6.45, 7) is 3.49. The molecule has 2 saturated carbocycles. The van der Waals surface area contributed by atoms with Gasteiger partial charge in [-0.3, -0.25) is 0 Å². The van der Waals surface area contributed by atoms with E-state index in [2.05, 4.69) is 12.2 Å². The third kappa shape index (κ3) is 1.96. The Bertz CT molecular complexity index is 113. The van der Waals surface area contributed by atoms with Crippen LogP contribution in [0, 0.1) is 11.8 Å². The molecule has 0 amide bonds. The van der Waals surface area contributed by atoms with Crippen molar-refractivity contribution < 1.29 is 0 Å². The molecule has 0 spiro atoms. The number of rotatable bonds is 5. The average Bonchev–Trinajstić information content (AvgIpc) is 2.85. The quantitative estimate of drug-likeness (QED) is 0.638.